The Kier molecular flexibility index (Phi) is 3.16. The van der Waals surface area contributed by atoms with Gasteiger partial charge in [-0.25, -0.2) is 4.31 Å². The van der Waals surface area contributed by atoms with E-state index in [0.717, 1.165) is 0 Å². The molecule has 0 radical (unpaired) electrons. The van der Waals surface area contributed by atoms with E-state index in [9.17, 15) is 13.6 Å². The van der Waals surface area contributed by atoms with Crippen LogP contribution in [0.5, 0.6) is 0 Å². The van der Waals surface area contributed by atoms with Crippen molar-refractivity contribution >= 4 is 22.9 Å². The van der Waals surface area contributed by atoms with E-state index in [0.29, 0.717) is 9.99 Å². The fourth-order valence-electron chi connectivity index (χ4n) is 0.936. The summed E-state index contributed by atoms with van der Waals surface area (Å²) in [7, 11) is 0. The van der Waals surface area contributed by atoms with Crippen molar-refractivity contribution in [1.82, 2.24) is 0 Å². The van der Waals surface area contributed by atoms with Gasteiger partial charge in [-0.05, 0) is 12.1 Å². The molecule has 0 N–H and O–H groups in total. The van der Waals surface area contributed by atoms with Crippen molar-refractivity contribution in [2.45, 2.75) is 6.92 Å². The maximum atomic E-state index is 10.9. The SMILES string of the molecule is CC(=O)N(c1ccccc1)S(=O)[O-]. The molecular weight excluding hydrogens is 190 g/mol. The van der Waals surface area contributed by atoms with Crippen molar-refractivity contribution in [3.63, 3.8) is 0 Å². The van der Waals surface area contributed by atoms with Crippen molar-refractivity contribution in [1.29, 1.82) is 0 Å². The van der Waals surface area contributed by atoms with E-state index >= 15 is 0 Å². The number of amides is 1. The molecule has 1 atom stereocenters. The molecule has 1 rings (SSSR count). The smallest absolute Gasteiger partial charge is 0.234 e. The third kappa shape index (κ3) is 2.37. The predicted molar refractivity (Wildman–Crippen MR) is 48.5 cm³/mol. The van der Waals surface area contributed by atoms with E-state index in [2.05, 4.69) is 0 Å². The molecule has 0 saturated carbocycles. The summed E-state index contributed by atoms with van der Waals surface area (Å²) in [6.07, 6.45) is 0. The minimum absolute atomic E-state index is 0.350. The highest BCUT2D eigenvalue weighted by atomic mass is 32.2. The Balaban J connectivity index is 3.03. The van der Waals surface area contributed by atoms with Gasteiger partial charge in [0.1, 0.15) is 0 Å². The number of nitrogens with zero attached hydrogens (tertiary/aromatic N) is 1. The molecule has 0 aliphatic heterocycles. The van der Waals surface area contributed by atoms with Gasteiger partial charge in [0.05, 0.1) is 17.0 Å². The first kappa shape index (κ1) is 9.88. The van der Waals surface area contributed by atoms with Gasteiger partial charge in [0, 0.05) is 6.92 Å². The minimum atomic E-state index is -2.55. The first-order chi connectivity index (χ1) is 6.13. The Hall–Kier alpha value is -1.20. The predicted octanol–water partition coefficient (Wildman–Crippen LogP) is 0.834. The lowest BCUT2D eigenvalue weighted by molar-refractivity contribution is -0.115. The van der Waals surface area contributed by atoms with Crippen molar-refractivity contribution in [3.8, 4) is 0 Å². The van der Waals surface area contributed by atoms with Gasteiger partial charge in [-0.2, -0.15) is 0 Å². The average Bonchev–Trinajstić information content (AvgIpc) is 2.04. The molecule has 1 aromatic rings. The number of anilines is 1. The molecule has 0 spiro atoms. The minimum Gasteiger partial charge on any atom is -0.755 e. The molecule has 1 amide bonds. The van der Waals surface area contributed by atoms with Gasteiger partial charge in [-0.15, -0.1) is 0 Å². The first-order valence-corrected chi connectivity index (χ1v) is 4.61. The number of carbonyl (C=O) groups is 1. The van der Waals surface area contributed by atoms with Crippen LogP contribution < -0.4 is 4.31 Å². The van der Waals surface area contributed by atoms with E-state index in [-0.39, 0.29) is 0 Å². The molecule has 0 bridgehead atoms. The lowest BCUT2D eigenvalue weighted by Gasteiger charge is -2.22. The summed E-state index contributed by atoms with van der Waals surface area (Å²) in [5.41, 5.74) is 0.350. The zero-order chi connectivity index (χ0) is 9.84. The summed E-state index contributed by atoms with van der Waals surface area (Å²) in [6, 6.07) is 8.18. The highest BCUT2D eigenvalue weighted by molar-refractivity contribution is 7.81. The third-order valence-electron chi connectivity index (χ3n) is 1.43. The van der Waals surface area contributed by atoms with Gasteiger partial charge in [0.2, 0.25) is 5.91 Å². The Morgan fingerprint density at radius 3 is 2.31 bits per heavy atom. The largest absolute Gasteiger partial charge is 0.755 e. The summed E-state index contributed by atoms with van der Waals surface area (Å²) in [4.78, 5) is 10.9. The van der Waals surface area contributed by atoms with Crippen molar-refractivity contribution in [2.24, 2.45) is 0 Å². The molecule has 0 heterocycles. The van der Waals surface area contributed by atoms with Gasteiger partial charge in [-0.1, -0.05) is 18.2 Å². The summed E-state index contributed by atoms with van der Waals surface area (Å²) in [6.45, 7) is 1.20. The van der Waals surface area contributed by atoms with E-state index in [1.54, 1.807) is 30.3 Å². The van der Waals surface area contributed by atoms with Crippen molar-refractivity contribution < 1.29 is 13.6 Å². The normalized spacial score (nSPS) is 12.2. The van der Waals surface area contributed by atoms with Crippen LogP contribution in [-0.2, 0) is 16.1 Å². The number of carbonyl (C=O) groups excluding carboxylic acids is 1. The lowest BCUT2D eigenvalue weighted by Crippen LogP contribution is -2.30. The monoisotopic (exact) mass is 198 g/mol. The quantitative estimate of drug-likeness (QED) is 0.661. The van der Waals surface area contributed by atoms with Gasteiger partial charge >= 0.3 is 0 Å². The molecular formula is C8H8NO3S-. The lowest BCUT2D eigenvalue weighted by atomic mass is 10.3. The summed E-state index contributed by atoms with van der Waals surface area (Å²) >= 11 is -2.55. The third-order valence-corrected chi connectivity index (χ3v) is 2.19. The Labute approximate surface area is 78.6 Å². The van der Waals surface area contributed by atoms with E-state index in [1.807, 2.05) is 0 Å². The van der Waals surface area contributed by atoms with Crippen molar-refractivity contribution in [3.05, 3.63) is 30.3 Å². The van der Waals surface area contributed by atoms with E-state index < -0.39 is 17.2 Å². The molecule has 4 nitrogen and oxygen atoms in total. The number of hydrogen-bond acceptors (Lipinski definition) is 3. The fourth-order valence-corrected chi connectivity index (χ4v) is 1.44. The molecule has 0 fully saturated rings. The second kappa shape index (κ2) is 4.15. The van der Waals surface area contributed by atoms with Crippen molar-refractivity contribution in [2.75, 3.05) is 4.31 Å². The molecule has 0 aromatic heterocycles. The number of para-hydroxylation sites is 1. The number of rotatable bonds is 2. The van der Waals surface area contributed by atoms with Crippen LogP contribution >= 0.6 is 0 Å². The highest BCUT2D eigenvalue weighted by Crippen LogP contribution is 2.14. The zero-order valence-corrected chi connectivity index (χ0v) is 7.78. The van der Waals surface area contributed by atoms with Crippen LogP contribution in [0.2, 0.25) is 0 Å². The van der Waals surface area contributed by atoms with Gasteiger partial charge in [0.15, 0.2) is 0 Å². The van der Waals surface area contributed by atoms with Crippen LogP contribution in [-0.4, -0.2) is 14.7 Å². The van der Waals surface area contributed by atoms with Gasteiger partial charge < -0.3 is 4.55 Å². The topological polar surface area (TPSA) is 60.4 Å². The first-order valence-electron chi connectivity index (χ1n) is 3.58. The summed E-state index contributed by atoms with van der Waals surface area (Å²) in [5.74, 6) is -0.528. The molecule has 13 heavy (non-hydrogen) atoms. The average molecular weight is 198 g/mol. The Morgan fingerprint density at radius 1 is 1.38 bits per heavy atom. The molecule has 5 heteroatoms. The Bertz CT molecular complexity index is 311. The van der Waals surface area contributed by atoms with Crippen LogP contribution in [0, 0.1) is 0 Å². The van der Waals surface area contributed by atoms with Gasteiger partial charge in [-0.3, -0.25) is 9.00 Å². The molecule has 1 unspecified atom stereocenters. The fraction of sp³-hybridized carbons (Fsp3) is 0.125. The number of hydrogen-bond donors (Lipinski definition) is 0. The second-order valence-corrected chi connectivity index (χ2v) is 3.17. The van der Waals surface area contributed by atoms with Crippen LogP contribution in [0.25, 0.3) is 0 Å². The molecule has 0 aliphatic carbocycles. The molecule has 1 aromatic carbocycles. The van der Waals surface area contributed by atoms with E-state index in [4.69, 9.17) is 0 Å². The maximum Gasteiger partial charge on any atom is 0.234 e. The van der Waals surface area contributed by atoms with E-state index in [1.165, 1.54) is 6.92 Å². The zero-order valence-electron chi connectivity index (χ0n) is 6.97. The highest BCUT2D eigenvalue weighted by Gasteiger charge is 2.10. The standard InChI is InChI=1S/C8H9NO3S/c1-7(10)9(13(11)12)8-5-3-2-4-6-8/h2-6H,1H3,(H,11,12)/p-1. The summed E-state index contributed by atoms with van der Waals surface area (Å²) in [5, 5.41) is 0. The van der Waals surface area contributed by atoms with Crippen LogP contribution in [0.15, 0.2) is 30.3 Å². The molecule has 0 aliphatic rings. The Morgan fingerprint density at radius 2 is 1.92 bits per heavy atom. The molecule has 70 valence electrons. The van der Waals surface area contributed by atoms with Crippen LogP contribution in [0.1, 0.15) is 6.92 Å². The number of benzene rings is 1. The van der Waals surface area contributed by atoms with Gasteiger partial charge in [0.25, 0.3) is 0 Å². The summed E-state index contributed by atoms with van der Waals surface area (Å²) < 4.78 is 22.0. The maximum absolute atomic E-state index is 10.9. The van der Waals surface area contributed by atoms with Crippen LogP contribution in [0.3, 0.4) is 0 Å². The molecule has 0 saturated heterocycles. The van der Waals surface area contributed by atoms with Crippen LogP contribution in [0.4, 0.5) is 5.69 Å². The second-order valence-electron chi connectivity index (χ2n) is 2.37.